The van der Waals surface area contributed by atoms with Gasteiger partial charge in [-0.25, -0.2) is 9.78 Å². The van der Waals surface area contributed by atoms with E-state index < -0.39 is 12.1 Å². The second kappa shape index (κ2) is 3.16. The van der Waals surface area contributed by atoms with Crippen LogP contribution in [0.2, 0.25) is 0 Å². The SMILES string of the molecule is COC(=O)C(O)c1cnco1. The fraction of sp³-hybridized carbons (Fsp3) is 0.333. The Hall–Kier alpha value is -1.36. The number of nitrogens with zero attached hydrogens (tertiary/aromatic N) is 1. The van der Waals surface area contributed by atoms with Crippen molar-refractivity contribution in [2.45, 2.75) is 6.10 Å². The number of aromatic nitrogens is 1. The van der Waals surface area contributed by atoms with Gasteiger partial charge < -0.3 is 14.3 Å². The van der Waals surface area contributed by atoms with Gasteiger partial charge >= 0.3 is 5.97 Å². The molecule has 0 saturated carbocycles. The van der Waals surface area contributed by atoms with Crippen molar-refractivity contribution in [3.63, 3.8) is 0 Å². The predicted octanol–water partition coefficient (Wildman–Crippen LogP) is -0.119. The van der Waals surface area contributed by atoms with Gasteiger partial charge in [-0.05, 0) is 0 Å². The molecule has 0 aliphatic carbocycles. The second-order valence-corrected chi connectivity index (χ2v) is 1.83. The molecule has 1 N–H and O–H groups in total. The summed E-state index contributed by atoms with van der Waals surface area (Å²) in [6.45, 7) is 0. The third-order valence-corrected chi connectivity index (χ3v) is 1.15. The van der Waals surface area contributed by atoms with E-state index in [1.165, 1.54) is 13.3 Å². The zero-order valence-corrected chi connectivity index (χ0v) is 5.85. The third kappa shape index (κ3) is 1.56. The average Bonchev–Trinajstić information content (AvgIpc) is 2.53. The molecule has 1 rings (SSSR count). The van der Waals surface area contributed by atoms with Gasteiger partial charge in [0.05, 0.1) is 13.3 Å². The third-order valence-electron chi connectivity index (χ3n) is 1.15. The van der Waals surface area contributed by atoms with Gasteiger partial charge in [0.2, 0.25) is 6.10 Å². The normalized spacial score (nSPS) is 12.5. The van der Waals surface area contributed by atoms with Crippen LogP contribution in [-0.4, -0.2) is 23.2 Å². The van der Waals surface area contributed by atoms with Crippen LogP contribution in [0.1, 0.15) is 11.9 Å². The highest BCUT2D eigenvalue weighted by Gasteiger charge is 2.20. The molecule has 5 heteroatoms. The number of hydrogen-bond acceptors (Lipinski definition) is 5. The monoisotopic (exact) mass is 157 g/mol. The molecule has 0 bridgehead atoms. The Morgan fingerprint density at radius 2 is 2.64 bits per heavy atom. The Labute approximate surface area is 62.6 Å². The van der Waals surface area contributed by atoms with E-state index in [1.54, 1.807) is 0 Å². The molecule has 0 aliphatic rings. The maximum absolute atomic E-state index is 10.7. The molecular formula is C6H7NO4. The molecule has 5 nitrogen and oxygen atoms in total. The molecule has 0 saturated heterocycles. The number of esters is 1. The zero-order valence-electron chi connectivity index (χ0n) is 5.85. The number of aliphatic hydroxyl groups excluding tert-OH is 1. The number of rotatable bonds is 2. The van der Waals surface area contributed by atoms with E-state index in [0.717, 1.165) is 6.39 Å². The van der Waals surface area contributed by atoms with Gasteiger partial charge in [-0.1, -0.05) is 0 Å². The van der Waals surface area contributed by atoms with Crippen LogP contribution >= 0.6 is 0 Å². The Morgan fingerprint density at radius 3 is 3.09 bits per heavy atom. The molecule has 1 unspecified atom stereocenters. The van der Waals surface area contributed by atoms with Crippen LogP contribution in [0.4, 0.5) is 0 Å². The van der Waals surface area contributed by atoms with Crippen LogP contribution in [0, 0.1) is 0 Å². The van der Waals surface area contributed by atoms with Gasteiger partial charge in [-0.2, -0.15) is 0 Å². The molecule has 0 aliphatic heterocycles. The number of carbonyl (C=O) groups excluding carboxylic acids is 1. The van der Waals surface area contributed by atoms with Crippen molar-refractivity contribution in [1.29, 1.82) is 0 Å². The highest BCUT2D eigenvalue weighted by atomic mass is 16.5. The molecule has 0 spiro atoms. The summed E-state index contributed by atoms with van der Waals surface area (Å²) in [5.41, 5.74) is 0. The van der Waals surface area contributed by atoms with E-state index in [0.29, 0.717) is 0 Å². The first-order valence-electron chi connectivity index (χ1n) is 2.90. The van der Waals surface area contributed by atoms with E-state index in [1.807, 2.05) is 0 Å². The molecule has 0 amide bonds. The topological polar surface area (TPSA) is 72.6 Å². The highest BCUT2D eigenvalue weighted by molar-refractivity contribution is 5.75. The first kappa shape index (κ1) is 7.74. The summed E-state index contributed by atoms with van der Waals surface area (Å²) in [4.78, 5) is 14.2. The second-order valence-electron chi connectivity index (χ2n) is 1.83. The number of hydrogen-bond donors (Lipinski definition) is 1. The lowest BCUT2D eigenvalue weighted by atomic mass is 10.3. The van der Waals surface area contributed by atoms with Crippen LogP contribution < -0.4 is 0 Å². The molecule has 11 heavy (non-hydrogen) atoms. The van der Waals surface area contributed by atoms with E-state index in [2.05, 4.69) is 14.1 Å². The van der Waals surface area contributed by atoms with E-state index >= 15 is 0 Å². The summed E-state index contributed by atoms with van der Waals surface area (Å²) >= 11 is 0. The predicted molar refractivity (Wildman–Crippen MR) is 33.5 cm³/mol. The van der Waals surface area contributed by atoms with Gasteiger partial charge in [0.15, 0.2) is 12.2 Å². The Balaban J connectivity index is 2.70. The Morgan fingerprint density at radius 1 is 1.91 bits per heavy atom. The molecule has 0 radical (unpaired) electrons. The molecular weight excluding hydrogens is 150 g/mol. The number of methoxy groups -OCH3 is 1. The van der Waals surface area contributed by atoms with Crippen molar-refractivity contribution in [2.24, 2.45) is 0 Å². The van der Waals surface area contributed by atoms with Crippen LogP contribution in [0.5, 0.6) is 0 Å². The minimum Gasteiger partial charge on any atom is -0.467 e. The van der Waals surface area contributed by atoms with Crippen molar-refractivity contribution >= 4 is 5.97 Å². The molecule has 1 aromatic heterocycles. The Bertz CT molecular complexity index is 231. The van der Waals surface area contributed by atoms with Crippen molar-refractivity contribution in [3.8, 4) is 0 Å². The fourth-order valence-corrected chi connectivity index (χ4v) is 0.588. The van der Waals surface area contributed by atoms with Crippen molar-refractivity contribution in [2.75, 3.05) is 7.11 Å². The summed E-state index contributed by atoms with van der Waals surface area (Å²) in [6.07, 6.45) is 1.01. The lowest BCUT2D eigenvalue weighted by Gasteiger charge is -2.02. The number of aliphatic hydroxyl groups is 1. The summed E-state index contributed by atoms with van der Waals surface area (Å²) in [5.74, 6) is -0.682. The molecule has 1 atom stereocenters. The fourth-order valence-electron chi connectivity index (χ4n) is 0.588. The zero-order chi connectivity index (χ0) is 8.27. The minimum atomic E-state index is -1.37. The maximum Gasteiger partial charge on any atom is 0.342 e. The molecule has 0 aromatic carbocycles. The molecule has 1 heterocycles. The summed E-state index contributed by atoms with van der Waals surface area (Å²) in [6, 6.07) is 0. The van der Waals surface area contributed by atoms with Gasteiger partial charge in [0.25, 0.3) is 0 Å². The number of oxazole rings is 1. The van der Waals surface area contributed by atoms with Crippen LogP contribution in [0.3, 0.4) is 0 Å². The molecule has 1 aromatic rings. The van der Waals surface area contributed by atoms with Gasteiger partial charge in [0.1, 0.15) is 0 Å². The summed E-state index contributed by atoms with van der Waals surface area (Å²) in [5, 5.41) is 9.07. The van der Waals surface area contributed by atoms with Crippen LogP contribution in [0.25, 0.3) is 0 Å². The maximum atomic E-state index is 10.7. The highest BCUT2D eigenvalue weighted by Crippen LogP contribution is 2.11. The first-order chi connectivity index (χ1) is 5.25. The summed E-state index contributed by atoms with van der Waals surface area (Å²) in [7, 11) is 1.18. The van der Waals surface area contributed by atoms with E-state index in [9.17, 15) is 4.79 Å². The lowest BCUT2D eigenvalue weighted by Crippen LogP contribution is -2.12. The smallest absolute Gasteiger partial charge is 0.342 e. The van der Waals surface area contributed by atoms with E-state index in [-0.39, 0.29) is 5.76 Å². The summed E-state index contributed by atoms with van der Waals surface area (Å²) < 4.78 is 8.92. The van der Waals surface area contributed by atoms with Gasteiger partial charge in [-0.3, -0.25) is 0 Å². The van der Waals surface area contributed by atoms with E-state index in [4.69, 9.17) is 5.11 Å². The number of carbonyl (C=O) groups is 1. The number of ether oxygens (including phenoxy) is 1. The van der Waals surface area contributed by atoms with Crippen LogP contribution in [0.15, 0.2) is 17.0 Å². The van der Waals surface area contributed by atoms with Crippen molar-refractivity contribution < 1.29 is 19.1 Å². The largest absolute Gasteiger partial charge is 0.467 e. The average molecular weight is 157 g/mol. The standard InChI is InChI=1S/C6H7NO4/c1-10-6(9)5(8)4-2-7-3-11-4/h2-3,5,8H,1H3. The quantitative estimate of drug-likeness (QED) is 0.606. The first-order valence-corrected chi connectivity index (χ1v) is 2.90. The van der Waals surface area contributed by atoms with Gasteiger partial charge in [-0.15, -0.1) is 0 Å². The van der Waals surface area contributed by atoms with Gasteiger partial charge in [0, 0.05) is 0 Å². The van der Waals surface area contributed by atoms with Crippen molar-refractivity contribution in [1.82, 2.24) is 4.98 Å². The Kier molecular flexibility index (Phi) is 2.22. The minimum absolute atomic E-state index is 0.0804. The lowest BCUT2D eigenvalue weighted by molar-refractivity contribution is -0.151. The van der Waals surface area contributed by atoms with Crippen LogP contribution in [-0.2, 0) is 9.53 Å². The van der Waals surface area contributed by atoms with Crippen molar-refractivity contribution in [3.05, 3.63) is 18.4 Å². The molecule has 60 valence electrons. The molecule has 0 fully saturated rings.